The van der Waals surface area contributed by atoms with Gasteiger partial charge in [0.25, 0.3) is 11.8 Å². The van der Waals surface area contributed by atoms with E-state index in [9.17, 15) is 26.7 Å². The molecule has 0 atom stereocenters. The summed E-state index contributed by atoms with van der Waals surface area (Å²) in [6.45, 7) is -1.53. The number of aromatic nitrogens is 1. The Morgan fingerprint density at radius 1 is 1.37 bits per heavy atom. The number of amides is 1. The average molecular weight is 391 g/mol. The second-order valence-corrected chi connectivity index (χ2v) is 5.15. The van der Waals surface area contributed by atoms with Crippen LogP contribution in [0.2, 0.25) is 0 Å². The Morgan fingerprint density at radius 2 is 2.07 bits per heavy atom. The fourth-order valence-corrected chi connectivity index (χ4v) is 2.20. The van der Waals surface area contributed by atoms with E-state index in [1.165, 1.54) is 13.1 Å². The number of nitrogens with zero attached hydrogens (tertiary/aromatic N) is 4. The number of hydrogen-bond acceptors (Lipinski definition) is 6. The predicted octanol–water partition coefficient (Wildman–Crippen LogP) is 2.71. The number of carbonyl (C=O) groups is 1. The monoisotopic (exact) mass is 391 g/mol. The van der Waals surface area contributed by atoms with Crippen LogP contribution in [0, 0.1) is 5.82 Å². The number of hydrogen-bond donors (Lipinski definition) is 1. The summed E-state index contributed by atoms with van der Waals surface area (Å²) >= 11 is 0. The highest BCUT2D eigenvalue weighted by atomic mass is 19.3. The molecule has 1 N–H and O–H groups in total. The molecule has 0 unspecified atom stereocenters. The molecule has 0 fully saturated rings. The van der Waals surface area contributed by atoms with E-state index in [1.54, 1.807) is 0 Å². The van der Waals surface area contributed by atoms with Crippen LogP contribution in [0.5, 0.6) is 5.88 Å². The maximum Gasteiger partial charge on any atom is 0.388 e. The number of ether oxygens (including phenoxy) is 1. The van der Waals surface area contributed by atoms with Gasteiger partial charge in [-0.05, 0) is 18.6 Å². The van der Waals surface area contributed by atoms with Crippen LogP contribution in [0.15, 0.2) is 41.2 Å². The van der Waals surface area contributed by atoms with E-state index >= 15 is 0 Å². The van der Waals surface area contributed by atoms with E-state index in [0.29, 0.717) is 16.5 Å². The smallest absolute Gasteiger partial charge is 0.388 e. The number of rotatable bonds is 7. The minimum absolute atomic E-state index is 0.00490. The molecule has 2 rings (SSSR count). The van der Waals surface area contributed by atoms with Gasteiger partial charge in [0.2, 0.25) is 0 Å². The molecule has 0 aromatic carbocycles. The summed E-state index contributed by atoms with van der Waals surface area (Å²) in [6.07, 6.45) is 3.21. The Hall–Kier alpha value is -3.18. The summed E-state index contributed by atoms with van der Waals surface area (Å²) in [5.41, 5.74) is 0.0491. The summed E-state index contributed by atoms with van der Waals surface area (Å²) in [7, 11) is 0. The number of halogens is 5. The minimum Gasteiger partial charge on any atom is -0.414 e. The van der Waals surface area contributed by atoms with Crippen LogP contribution < -0.4 is 10.1 Å². The highest BCUT2D eigenvalue weighted by Gasteiger charge is 2.28. The van der Waals surface area contributed by atoms with Crippen LogP contribution in [0.3, 0.4) is 0 Å². The third kappa shape index (κ3) is 4.71. The van der Waals surface area contributed by atoms with Crippen molar-refractivity contribution in [3.63, 3.8) is 0 Å². The third-order valence-corrected chi connectivity index (χ3v) is 3.36. The van der Waals surface area contributed by atoms with E-state index in [4.69, 9.17) is 0 Å². The lowest BCUT2D eigenvalue weighted by molar-refractivity contribution is -0.0553. The number of hydrazone groups is 1. The lowest BCUT2D eigenvalue weighted by Gasteiger charge is -2.23. The zero-order valence-electron chi connectivity index (χ0n) is 13.9. The molecule has 1 aromatic rings. The van der Waals surface area contributed by atoms with Crippen molar-refractivity contribution in [2.75, 3.05) is 6.54 Å². The molecule has 12 heteroatoms. The number of carbonyl (C=O) groups excluding carboxylic acids is 1. The van der Waals surface area contributed by atoms with Gasteiger partial charge >= 0.3 is 13.2 Å². The van der Waals surface area contributed by atoms with E-state index in [2.05, 4.69) is 26.9 Å². The summed E-state index contributed by atoms with van der Waals surface area (Å²) in [4.78, 5) is 16.0. The van der Waals surface area contributed by atoms with Crippen molar-refractivity contribution in [1.82, 2.24) is 20.2 Å². The Morgan fingerprint density at radius 3 is 2.63 bits per heavy atom. The summed E-state index contributed by atoms with van der Waals surface area (Å²) < 4.78 is 67.7. The van der Waals surface area contributed by atoms with Crippen LogP contribution in [0.25, 0.3) is 0 Å². The van der Waals surface area contributed by atoms with Crippen LogP contribution in [-0.4, -0.2) is 47.2 Å². The molecule has 146 valence electrons. The normalized spacial score (nSPS) is 15.6. The Kier molecular flexibility index (Phi) is 6.32. The number of nitrogens with one attached hydrogen (secondary N) is 1. The number of alkyl halides is 4. The first kappa shape index (κ1) is 20.1. The van der Waals surface area contributed by atoms with Gasteiger partial charge in [0.1, 0.15) is 5.82 Å². The minimum atomic E-state index is -3.26. The van der Waals surface area contributed by atoms with Gasteiger partial charge in [-0.3, -0.25) is 9.69 Å². The third-order valence-electron chi connectivity index (χ3n) is 3.36. The lowest BCUT2D eigenvalue weighted by atomic mass is 10.2. The zero-order valence-corrected chi connectivity index (χ0v) is 13.9. The molecule has 2 heterocycles. The molecule has 1 aliphatic rings. The van der Waals surface area contributed by atoms with Gasteiger partial charge in [0.05, 0.1) is 5.56 Å². The molecule has 0 spiro atoms. The average Bonchev–Trinajstić information content (AvgIpc) is 3.05. The van der Waals surface area contributed by atoms with Crippen molar-refractivity contribution >= 4 is 12.6 Å². The lowest BCUT2D eigenvalue weighted by Crippen LogP contribution is -2.30. The van der Waals surface area contributed by atoms with Gasteiger partial charge in [-0.25, -0.2) is 14.4 Å². The van der Waals surface area contributed by atoms with Crippen molar-refractivity contribution in [1.29, 1.82) is 0 Å². The van der Waals surface area contributed by atoms with Gasteiger partial charge in [0.15, 0.2) is 5.82 Å². The molecular formula is C15H14F5N5O2. The van der Waals surface area contributed by atoms with Crippen LogP contribution in [-0.2, 0) is 0 Å². The standard InChI is InChI=1S/C15H14F5N5O2/c1-8(13-24(14(17)18)3-4-25(13)21-2)6-22-11(26)9-5-10(16)12(23-7-9)27-15(19)20/h3-5,7,14-15H,2,6H2,1H3,(H,22,26)/b13-8+. The van der Waals surface area contributed by atoms with Gasteiger partial charge < -0.3 is 10.1 Å². The molecule has 7 nitrogen and oxygen atoms in total. The largest absolute Gasteiger partial charge is 0.414 e. The second-order valence-electron chi connectivity index (χ2n) is 5.15. The van der Waals surface area contributed by atoms with Crippen molar-refractivity contribution in [2.24, 2.45) is 5.10 Å². The number of pyridine rings is 1. The maximum absolute atomic E-state index is 13.6. The molecule has 1 aliphatic heterocycles. The molecular weight excluding hydrogens is 377 g/mol. The Balaban J connectivity index is 2.10. The van der Waals surface area contributed by atoms with Crippen LogP contribution in [0.1, 0.15) is 17.3 Å². The molecule has 0 saturated carbocycles. The first-order valence-electron chi connectivity index (χ1n) is 7.33. The van der Waals surface area contributed by atoms with Crippen LogP contribution >= 0.6 is 0 Å². The Labute approximate surface area is 150 Å². The van der Waals surface area contributed by atoms with Crippen LogP contribution in [0.4, 0.5) is 22.0 Å². The molecule has 0 radical (unpaired) electrons. The second kappa shape index (κ2) is 8.47. The molecule has 1 amide bonds. The summed E-state index contributed by atoms with van der Waals surface area (Å²) in [6, 6.07) is 0.669. The summed E-state index contributed by atoms with van der Waals surface area (Å²) in [5.74, 6) is -2.98. The predicted molar refractivity (Wildman–Crippen MR) is 84.2 cm³/mol. The fourth-order valence-electron chi connectivity index (χ4n) is 2.20. The van der Waals surface area contributed by atoms with E-state index in [1.807, 2.05) is 0 Å². The highest BCUT2D eigenvalue weighted by molar-refractivity contribution is 5.94. The van der Waals surface area contributed by atoms with Crippen molar-refractivity contribution < 1.29 is 31.5 Å². The SMILES string of the molecule is C=NN1C=CN(C(F)F)/C1=C(/C)CNC(=O)c1cnc(OC(F)F)c(F)c1. The first-order chi connectivity index (χ1) is 12.7. The van der Waals surface area contributed by atoms with Crippen molar-refractivity contribution in [2.45, 2.75) is 20.1 Å². The molecule has 0 bridgehead atoms. The fraction of sp³-hybridized carbons (Fsp3) is 0.267. The van der Waals surface area contributed by atoms with Crippen molar-refractivity contribution in [3.05, 3.63) is 47.4 Å². The van der Waals surface area contributed by atoms with Gasteiger partial charge in [-0.15, -0.1) is 0 Å². The topological polar surface area (TPSA) is 70.1 Å². The summed E-state index contributed by atoms with van der Waals surface area (Å²) in [5, 5.41) is 7.06. The van der Waals surface area contributed by atoms with Gasteiger partial charge in [-0.1, -0.05) is 0 Å². The molecule has 0 aliphatic carbocycles. The zero-order chi connectivity index (χ0) is 20.1. The maximum atomic E-state index is 13.6. The highest BCUT2D eigenvalue weighted by Crippen LogP contribution is 2.26. The van der Waals surface area contributed by atoms with Crippen molar-refractivity contribution in [3.8, 4) is 5.88 Å². The molecule has 27 heavy (non-hydrogen) atoms. The quantitative estimate of drug-likeness (QED) is 0.440. The van der Waals surface area contributed by atoms with Gasteiger partial charge in [-0.2, -0.15) is 22.7 Å². The first-order valence-corrected chi connectivity index (χ1v) is 7.33. The van der Waals surface area contributed by atoms with E-state index < -0.39 is 30.8 Å². The molecule has 0 saturated heterocycles. The molecule has 1 aromatic heterocycles. The van der Waals surface area contributed by atoms with E-state index in [0.717, 1.165) is 17.4 Å². The van der Waals surface area contributed by atoms with Gasteiger partial charge in [0, 0.05) is 31.9 Å². The Bertz CT molecular complexity index is 784. The van der Waals surface area contributed by atoms with E-state index in [-0.39, 0.29) is 17.9 Å².